The average Bonchev–Trinajstić information content (AvgIpc) is 3.23. The number of fused-ring (bicyclic) bond motifs is 1. The van der Waals surface area contributed by atoms with Crippen molar-refractivity contribution in [1.29, 1.82) is 0 Å². The molecular weight excluding hydrogens is 358 g/mol. The zero-order valence-electron chi connectivity index (χ0n) is 16.2. The Morgan fingerprint density at radius 3 is 2.38 bits per heavy atom. The van der Waals surface area contributed by atoms with Crippen molar-refractivity contribution in [2.45, 2.75) is 11.8 Å². The summed E-state index contributed by atoms with van der Waals surface area (Å²) in [6.45, 7) is 0. The highest BCUT2D eigenvalue weighted by Crippen LogP contribution is 2.43. The van der Waals surface area contributed by atoms with Gasteiger partial charge >= 0.3 is 0 Å². The Kier molecular flexibility index (Phi) is 4.24. The predicted octanol–water partition coefficient (Wildman–Crippen LogP) is 5.04. The van der Waals surface area contributed by atoms with Crippen LogP contribution in [0.25, 0.3) is 17.5 Å². The van der Waals surface area contributed by atoms with Gasteiger partial charge in [-0.2, -0.15) is 5.10 Å². The van der Waals surface area contributed by atoms with Crippen LogP contribution in [0.3, 0.4) is 0 Å². The van der Waals surface area contributed by atoms with Crippen LogP contribution < -0.4 is 4.74 Å². The first-order valence-corrected chi connectivity index (χ1v) is 9.68. The van der Waals surface area contributed by atoms with E-state index in [9.17, 15) is 0 Å². The van der Waals surface area contributed by atoms with Crippen LogP contribution >= 0.6 is 0 Å². The molecule has 4 aromatic rings. The summed E-state index contributed by atoms with van der Waals surface area (Å²) in [5.41, 5.74) is 6.21. The van der Waals surface area contributed by atoms with Crippen LogP contribution in [0.15, 0.2) is 85.1 Å². The molecule has 1 N–H and O–H groups in total. The highest BCUT2D eigenvalue weighted by molar-refractivity contribution is 5.74. The van der Waals surface area contributed by atoms with Crippen molar-refractivity contribution in [3.05, 3.63) is 107 Å². The lowest BCUT2D eigenvalue weighted by Gasteiger charge is -2.34. The van der Waals surface area contributed by atoms with Crippen LogP contribution in [0.5, 0.6) is 5.75 Å². The van der Waals surface area contributed by atoms with Crippen molar-refractivity contribution in [2.24, 2.45) is 0 Å². The fraction of sp³-hybridized carbons (Fsp3) is 0.120. The quantitative estimate of drug-likeness (QED) is 0.541. The number of rotatable bonds is 4. The maximum absolute atomic E-state index is 5.36. The maximum atomic E-state index is 5.36. The minimum atomic E-state index is -0.269. The zero-order chi connectivity index (χ0) is 19.7. The van der Waals surface area contributed by atoms with Crippen molar-refractivity contribution in [1.82, 2.24) is 15.2 Å². The molecule has 0 saturated carbocycles. The molecule has 1 aliphatic carbocycles. The monoisotopic (exact) mass is 379 g/mol. The van der Waals surface area contributed by atoms with E-state index in [-0.39, 0.29) is 5.41 Å². The minimum absolute atomic E-state index is 0.269. The SMILES string of the molecule is COc1ccc(C2(c3ccccc3)C=Cc3c(-c4ccccn4)n[nH]c3C2)cc1. The van der Waals surface area contributed by atoms with Crippen LogP contribution in [0.4, 0.5) is 0 Å². The van der Waals surface area contributed by atoms with Crippen LogP contribution in [-0.2, 0) is 11.8 Å². The Labute approximate surface area is 169 Å². The lowest BCUT2D eigenvalue weighted by Crippen LogP contribution is -2.30. The van der Waals surface area contributed by atoms with Gasteiger partial charge < -0.3 is 4.74 Å². The van der Waals surface area contributed by atoms with E-state index >= 15 is 0 Å². The second-order valence-electron chi connectivity index (χ2n) is 7.26. The molecule has 0 amide bonds. The number of hydrogen-bond acceptors (Lipinski definition) is 3. The molecule has 1 unspecified atom stereocenters. The summed E-state index contributed by atoms with van der Waals surface area (Å²) in [5.74, 6) is 0.858. The van der Waals surface area contributed by atoms with Gasteiger partial charge in [-0.05, 0) is 35.4 Å². The molecule has 0 radical (unpaired) electrons. The van der Waals surface area contributed by atoms with Crippen LogP contribution in [0.2, 0.25) is 0 Å². The van der Waals surface area contributed by atoms with Crippen molar-refractivity contribution in [2.75, 3.05) is 7.11 Å². The average molecular weight is 379 g/mol. The fourth-order valence-electron chi connectivity index (χ4n) is 4.15. The van der Waals surface area contributed by atoms with E-state index in [1.807, 2.05) is 30.3 Å². The molecule has 2 aromatic carbocycles. The Hall–Kier alpha value is -3.66. The van der Waals surface area contributed by atoms with Gasteiger partial charge in [0.05, 0.1) is 12.8 Å². The minimum Gasteiger partial charge on any atom is -0.497 e. The fourth-order valence-corrected chi connectivity index (χ4v) is 4.15. The number of methoxy groups -OCH3 is 1. The highest BCUT2D eigenvalue weighted by Gasteiger charge is 2.36. The number of allylic oxidation sites excluding steroid dienone is 1. The van der Waals surface area contributed by atoms with Crippen molar-refractivity contribution >= 4 is 6.08 Å². The van der Waals surface area contributed by atoms with Gasteiger partial charge in [0.2, 0.25) is 0 Å². The van der Waals surface area contributed by atoms with Crippen molar-refractivity contribution in [3.8, 4) is 17.1 Å². The van der Waals surface area contributed by atoms with Gasteiger partial charge in [-0.15, -0.1) is 0 Å². The van der Waals surface area contributed by atoms with Crippen molar-refractivity contribution in [3.63, 3.8) is 0 Å². The number of pyridine rings is 1. The van der Waals surface area contributed by atoms with E-state index in [2.05, 4.69) is 69.8 Å². The zero-order valence-corrected chi connectivity index (χ0v) is 16.2. The number of aromatic nitrogens is 3. The molecule has 1 atom stereocenters. The van der Waals surface area contributed by atoms with Crippen LogP contribution in [0, 0.1) is 0 Å². The number of benzene rings is 2. The van der Waals surface area contributed by atoms with Gasteiger partial charge in [0.15, 0.2) is 0 Å². The molecule has 0 bridgehead atoms. The third-order valence-corrected chi connectivity index (χ3v) is 5.67. The molecule has 4 nitrogen and oxygen atoms in total. The summed E-state index contributed by atoms with van der Waals surface area (Å²) < 4.78 is 5.36. The Morgan fingerprint density at radius 2 is 1.66 bits per heavy atom. The van der Waals surface area contributed by atoms with Gasteiger partial charge in [0.25, 0.3) is 0 Å². The summed E-state index contributed by atoms with van der Waals surface area (Å²) in [7, 11) is 1.69. The predicted molar refractivity (Wildman–Crippen MR) is 115 cm³/mol. The summed E-state index contributed by atoms with van der Waals surface area (Å²) in [6.07, 6.45) is 7.08. The molecule has 2 aromatic heterocycles. The van der Waals surface area contributed by atoms with Gasteiger partial charge in [0, 0.05) is 29.3 Å². The summed E-state index contributed by atoms with van der Waals surface area (Å²) in [6, 6.07) is 24.9. The van der Waals surface area contributed by atoms with Crippen LogP contribution in [0.1, 0.15) is 22.4 Å². The standard InChI is InChI=1S/C25H21N3O/c1-29-20-12-10-19(11-13-20)25(18-7-3-2-4-8-18)15-14-21-23(17-25)27-28-24(21)22-9-5-6-16-26-22/h2-16H,17H2,1H3,(H,27,28). The third-order valence-electron chi connectivity index (χ3n) is 5.67. The van der Waals surface area contributed by atoms with E-state index in [0.717, 1.165) is 34.8 Å². The lowest BCUT2D eigenvalue weighted by atomic mass is 9.68. The third kappa shape index (κ3) is 2.93. The van der Waals surface area contributed by atoms with E-state index in [0.29, 0.717) is 0 Å². The Bertz CT molecular complexity index is 1150. The first-order valence-electron chi connectivity index (χ1n) is 9.68. The number of hydrogen-bond donors (Lipinski definition) is 1. The molecule has 4 heteroatoms. The maximum Gasteiger partial charge on any atom is 0.118 e. The topological polar surface area (TPSA) is 50.8 Å². The lowest BCUT2D eigenvalue weighted by molar-refractivity contribution is 0.414. The Morgan fingerprint density at radius 1 is 0.897 bits per heavy atom. The van der Waals surface area contributed by atoms with Gasteiger partial charge in [-0.1, -0.05) is 60.7 Å². The number of nitrogens with zero attached hydrogens (tertiary/aromatic N) is 2. The first kappa shape index (κ1) is 17.4. The molecule has 29 heavy (non-hydrogen) atoms. The molecule has 5 rings (SSSR count). The molecule has 0 fully saturated rings. The number of aromatic amines is 1. The van der Waals surface area contributed by atoms with E-state index < -0.39 is 0 Å². The Balaban J connectivity index is 1.64. The molecule has 0 spiro atoms. The van der Waals surface area contributed by atoms with Crippen molar-refractivity contribution < 1.29 is 4.74 Å². The smallest absolute Gasteiger partial charge is 0.118 e. The number of H-pyrrole nitrogens is 1. The molecular formula is C25H21N3O. The second-order valence-corrected chi connectivity index (χ2v) is 7.26. The summed E-state index contributed by atoms with van der Waals surface area (Å²) in [5, 5.41) is 7.87. The second kappa shape index (κ2) is 7.06. The van der Waals surface area contributed by atoms with Gasteiger partial charge in [0.1, 0.15) is 11.4 Å². The van der Waals surface area contributed by atoms with E-state index in [1.165, 1.54) is 11.1 Å². The molecule has 0 saturated heterocycles. The summed E-state index contributed by atoms with van der Waals surface area (Å²) in [4.78, 5) is 4.47. The van der Waals surface area contributed by atoms with Gasteiger partial charge in [-0.25, -0.2) is 0 Å². The van der Waals surface area contributed by atoms with E-state index in [1.54, 1.807) is 13.3 Å². The molecule has 2 heterocycles. The summed E-state index contributed by atoms with van der Waals surface area (Å²) >= 11 is 0. The molecule has 1 aliphatic rings. The van der Waals surface area contributed by atoms with E-state index in [4.69, 9.17) is 4.74 Å². The first-order chi connectivity index (χ1) is 14.3. The molecule has 142 valence electrons. The number of ether oxygens (including phenoxy) is 1. The molecule has 0 aliphatic heterocycles. The highest BCUT2D eigenvalue weighted by atomic mass is 16.5. The normalized spacial score (nSPS) is 17.7. The van der Waals surface area contributed by atoms with Crippen LogP contribution in [-0.4, -0.2) is 22.3 Å². The van der Waals surface area contributed by atoms with Gasteiger partial charge in [-0.3, -0.25) is 10.1 Å². The largest absolute Gasteiger partial charge is 0.497 e. The number of nitrogens with one attached hydrogen (secondary N) is 1.